The Bertz CT molecular complexity index is 448. The van der Waals surface area contributed by atoms with E-state index in [4.69, 9.17) is 27.9 Å². The topological polar surface area (TPSA) is 50.7 Å². The van der Waals surface area contributed by atoms with Crippen molar-refractivity contribution in [1.29, 1.82) is 0 Å². The van der Waals surface area contributed by atoms with Crippen LogP contribution < -0.4 is 10.2 Å². The first-order chi connectivity index (χ1) is 8.49. The van der Waals surface area contributed by atoms with Crippen LogP contribution in [0.1, 0.15) is 13.8 Å². The normalized spacial score (nSPS) is 10.9. The van der Waals surface area contributed by atoms with E-state index in [1.165, 1.54) is 0 Å². The average molecular weight is 289 g/mol. The van der Waals surface area contributed by atoms with Gasteiger partial charge in [0.05, 0.1) is 5.02 Å². The fourth-order valence-electron chi connectivity index (χ4n) is 1.03. The molecule has 0 aliphatic carbocycles. The number of hydrogen-bond acceptors (Lipinski definition) is 3. The molecule has 1 amide bonds. The molecule has 0 aliphatic heterocycles. The Kier molecular flexibility index (Phi) is 5.95. The van der Waals surface area contributed by atoms with Crippen molar-refractivity contribution in [1.82, 2.24) is 5.43 Å². The number of hydrogen-bond donors (Lipinski definition) is 1. The van der Waals surface area contributed by atoms with E-state index in [-0.39, 0.29) is 18.4 Å². The van der Waals surface area contributed by atoms with Gasteiger partial charge in [-0.05, 0) is 24.1 Å². The Hall–Kier alpha value is -1.26. The summed E-state index contributed by atoms with van der Waals surface area (Å²) in [4.78, 5) is 11.4. The molecule has 0 aromatic heterocycles. The smallest absolute Gasteiger partial charge is 0.277 e. The van der Waals surface area contributed by atoms with Crippen LogP contribution in [0, 0.1) is 5.92 Å². The molecule has 1 aromatic carbocycles. The summed E-state index contributed by atoms with van der Waals surface area (Å²) in [5.41, 5.74) is 2.35. The lowest BCUT2D eigenvalue weighted by Crippen LogP contribution is -2.24. The highest BCUT2D eigenvalue weighted by atomic mass is 35.5. The summed E-state index contributed by atoms with van der Waals surface area (Å²) >= 11 is 11.6. The van der Waals surface area contributed by atoms with Gasteiger partial charge >= 0.3 is 0 Å². The summed E-state index contributed by atoms with van der Waals surface area (Å²) in [6.07, 6.45) is 1.63. The monoisotopic (exact) mass is 288 g/mol. The number of ether oxygens (including phenoxy) is 1. The van der Waals surface area contributed by atoms with E-state index < -0.39 is 0 Å². The van der Waals surface area contributed by atoms with Crippen LogP contribution >= 0.6 is 23.2 Å². The molecule has 0 fully saturated rings. The lowest BCUT2D eigenvalue weighted by molar-refractivity contribution is -0.123. The van der Waals surface area contributed by atoms with Gasteiger partial charge in [0, 0.05) is 11.2 Å². The summed E-state index contributed by atoms with van der Waals surface area (Å²) in [5, 5.41) is 4.64. The fourth-order valence-corrected chi connectivity index (χ4v) is 1.49. The van der Waals surface area contributed by atoms with Gasteiger partial charge in [-0.25, -0.2) is 5.43 Å². The van der Waals surface area contributed by atoms with E-state index in [1.54, 1.807) is 24.4 Å². The molecule has 98 valence electrons. The lowest BCUT2D eigenvalue weighted by atomic mass is 10.3. The number of nitrogens with zero attached hydrogens (tertiary/aromatic N) is 1. The Morgan fingerprint density at radius 3 is 2.83 bits per heavy atom. The highest BCUT2D eigenvalue weighted by Crippen LogP contribution is 2.27. The number of benzene rings is 1. The molecular formula is C12H14Cl2N2O2. The van der Waals surface area contributed by atoms with Crippen LogP contribution in [0.5, 0.6) is 5.75 Å². The molecule has 0 spiro atoms. The van der Waals surface area contributed by atoms with Crippen molar-refractivity contribution in [3.05, 3.63) is 28.2 Å². The van der Waals surface area contributed by atoms with Crippen molar-refractivity contribution in [2.45, 2.75) is 13.8 Å². The lowest BCUT2D eigenvalue weighted by Gasteiger charge is -2.07. The molecule has 4 nitrogen and oxygen atoms in total. The van der Waals surface area contributed by atoms with Crippen LogP contribution in [0.2, 0.25) is 10.0 Å². The van der Waals surface area contributed by atoms with Crippen LogP contribution in [-0.2, 0) is 4.79 Å². The number of carbonyl (C=O) groups is 1. The first-order valence-electron chi connectivity index (χ1n) is 5.39. The van der Waals surface area contributed by atoms with Crippen molar-refractivity contribution >= 4 is 35.3 Å². The third-order valence-electron chi connectivity index (χ3n) is 1.81. The predicted octanol–water partition coefficient (Wildman–Crippen LogP) is 3.13. The molecule has 0 atom stereocenters. The second-order valence-corrected chi connectivity index (χ2v) is 4.76. The third kappa shape index (κ3) is 5.38. The molecule has 18 heavy (non-hydrogen) atoms. The summed E-state index contributed by atoms with van der Waals surface area (Å²) in [7, 11) is 0. The number of rotatable bonds is 5. The molecule has 6 heteroatoms. The molecule has 0 unspecified atom stereocenters. The first-order valence-corrected chi connectivity index (χ1v) is 6.14. The van der Waals surface area contributed by atoms with E-state index in [9.17, 15) is 4.79 Å². The van der Waals surface area contributed by atoms with E-state index in [2.05, 4.69) is 10.5 Å². The molecule has 0 saturated heterocycles. The third-order valence-corrected chi connectivity index (χ3v) is 2.35. The van der Waals surface area contributed by atoms with Gasteiger partial charge in [0.2, 0.25) is 0 Å². The zero-order valence-electron chi connectivity index (χ0n) is 10.1. The number of carbonyl (C=O) groups excluding carboxylic acids is 1. The Morgan fingerprint density at radius 1 is 1.50 bits per heavy atom. The van der Waals surface area contributed by atoms with Crippen molar-refractivity contribution in [2.24, 2.45) is 11.0 Å². The highest BCUT2D eigenvalue weighted by molar-refractivity contribution is 6.35. The molecule has 1 rings (SSSR count). The molecule has 0 saturated carbocycles. The van der Waals surface area contributed by atoms with Gasteiger partial charge in [0.1, 0.15) is 5.75 Å². The molecule has 1 aromatic rings. The Labute approximate surface area is 116 Å². The fraction of sp³-hybridized carbons (Fsp3) is 0.333. The van der Waals surface area contributed by atoms with Crippen LogP contribution in [0.25, 0.3) is 0 Å². The SMILES string of the molecule is CC(C)C=NNC(=O)COc1ccc(Cl)cc1Cl. The first kappa shape index (κ1) is 14.8. The van der Waals surface area contributed by atoms with Crippen LogP contribution in [-0.4, -0.2) is 18.7 Å². The van der Waals surface area contributed by atoms with Gasteiger partial charge in [-0.2, -0.15) is 5.10 Å². The molecule has 0 radical (unpaired) electrons. The number of hydrazone groups is 1. The van der Waals surface area contributed by atoms with Gasteiger partial charge in [0.15, 0.2) is 6.61 Å². The van der Waals surface area contributed by atoms with E-state index in [1.807, 2.05) is 13.8 Å². The summed E-state index contributed by atoms with van der Waals surface area (Å²) in [6.45, 7) is 3.76. The van der Waals surface area contributed by atoms with E-state index in [0.29, 0.717) is 15.8 Å². The second kappa shape index (κ2) is 7.24. The number of amides is 1. The van der Waals surface area contributed by atoms with Gasteiger partial charge < -0.3 is 4.74 Å². The second-order valence-electron chi connectivity index (χ2n) is 3.92. The summed E-state index contributed by atoms with van der Waals surface area (Å²) in [5.74, 6) is 0.332. The largest absolute Gasteiger partial charge is 0.482 e. The molecule has 1 N–H and O–H groups in total. The average Bonchev–Trinajstić information content (AvgIpc) is 2.27. The summed E-state index contributed by atoms with van der Waals surface area (Å²) in [6, 6.07) is 4.79. The van der Waals surface area contributed by atoms with Crippen LogP contribution in [0.3, 0.4) is 0 Å². The van der Waals surface area contributed by atoms with E-state index >= 15 is 0 Å². The minimum absolute atomic E-state index is 0.156. The quantitative estimate of drug-likeness (QED) is 0.668. The van der Waals surface area contributed by atoms with Crippen molar-refractivity contribution < 1.29 is 9.53 Å². The maximum absolute atomic E-state index is 11.4. The molecular weight excluding hydrogens is 275 g/mol. The van der Waals surface area contributed by atoms with Crippen molar-refractivity contribution in [3.63, 3.8) is 0 Å². The maximum Gasteiger partial charge on any atom is 0.277 e. The zero-order valence-corrected chi connectivity index (χ0v) is 11.6. The van der Waals surface area contributed by atoms with Gasteiger partial charge in [-0.1, -0.05) is 37.0 Å². The number of nitrogens with one attached hydrogen (secondary N) is 1. The van der Waals surface area contributed by atoms with Crippen molar-refractivity contribution in [3.8, 4) is 5.75 Å². The van der Waals surface area contributed by atoms with E-state index in [0.717, 1.165) is 0 Å². The molecule has 0 aliphatic rings. The van der Waals surface area contributed by atoms with Crippen molar-refractivity contribution in [2.75, 3.05) is 6.61 Å². The minimum atomic E-state index is -0.349. The van der Waals surface area contributed by atoms with Crippen LogP contribution in [0.4, 0.5) is 0 Å². The standard InChI is InChI=1S/C12H14Cl2N2O2/c1-8(2)6-15-16-12(17)7-18-11-4-3-9(13)5-10(11)14/h3-6,8H,7H2,1-2H3,(H,16,17). The minimum Gasteiger partial charge on any atom is -0.482 e. The predicted molar refractivity (Wildman–Crippen MR) is 73.4 cm³/mol. The Morgan fingerprint density at radius 2 is 2.22 bits per heavy atom. The molecule has 0 bridgehead atoms. The molecule has 0 heterocycles. The maximum atomic E-state index is 11.4. The summed E-state index contributed by atoms with van der Waals surface area (Å²) < 4.78 is 5.23. The van der Waals surface area contributed by atoms with Crippen LogP contribution in [0.15, 0.2) is 23.3 Å². The highest BCUT2D eigenvalue weighted by Gasteiger charge is 2.05. The number of halogens is 2. The Balaban J connectivity index is 2.43. The zero-order chi connectivity index (χ0) is 13.5. The van der Waals surface area contributed by atoms with Gasteiger partial charge in [-0.3, -0.25) is 4.79 Å². The van der Waals surface area contributed by atoms with Gasteiger partial charge in [-0.15, -0.1) is 0 Å². The van der Waals surface area contributed by atoms with Gasteiger partial charge in [0.25, 0.3) is 5.91 Å².